The molecule has 4 fully saturated rings. The fourth-order valence-corrected chi connectivity index (χ4v) is 26.2. The quantitative estimate of drug-likeness (QED) is 0.119. The number of fused-ring (bicyclic) bond motifs is 16. The average molecular weight is 1950 g/mol. The second-order valence-electron chi connectivity index (χ2n) is 37.1. The van der Waals surface area contributed by atoms with Gasteiger partial charge >= 0.3 is 0 Å². The van der Waals surface area contributed by atoms with Crippen molar-refractivity contribution < 1.29 is 70.7 Å². The van der Waals surface area contributed by atoms with Gasteiger partial charge in [-0.3, -0.25) is 77.1 Å². The van der Waals surface area contributed by atoms with E-state index in [0.29, 0.717) is 61.7 Å². The number of hydrogen-bond donors (Lipinski definition) is 4. The molecule has 12 aliphatic heterocycles. The van der Waals surface area contributed by atoms with Crippen molar-refractivity contribution in [3.05, 3.63) is 372 Å². The van der Waals surface area contributed by atoms with Gasteiger partial charge in [0.15, 0.2) is 69.0 Å². The number of halogens is 6. The summed E-state index contributed by atoms with van der Waals surface area (Å²) in [7, 11) is 0. The normalized spacial score (nSPS) is 22.6. The maximum Gasteiger partial charge on any atom is 0.278 e. The molecule has 8 aromatic carbocycles. The van der Waals surface area contributed by atoms with Gasteiger partial charge in [0, 0.05) is 122 Å². The molecule has 4 N–H and O–H groups in total. The van der Waals surface area contributed by atoms with Crippen LogP contribution in [-0.2, 0) is 27.7 Å². The first-order chi connectivity index (χ1) is 66.5. The Labute approximate surface area is 804 Å². The van der Waals surface area contributed by atoms with E-state index in [1.165, 1.54) is 78.5 Å². The molecule has 24 rings (SSSR count). The van der Waals surface area contributed by atoms with Gasteiger partial charge in [0.25, 0.3) is 23.6 Å². The number of carbonyl (C=O) groups excluding carboxylic acids is 4. The molecule has 708 valence electrons. The summed E-state index contributed by atoms with van der Waals surface area (Å²) in [6, 6.07) is 49.5. The number of hydrogen-bond acceptors (Lipinski definition) is 21. The minimum Gasteiger partial charge on any atom is -0.502 e. The number of aromatic hydroxyl groups is 4. The molecule has 10 atom stereocenters. The van der Waals surface area contributed by atoms with Crippen LogP contribution in [0.3, 0.4) is 0 Å². The minimum absolute atomic E-state index is 0.0151. The highest BCUT2D eigenvalue weighted by atomic mass is 32.2. The van der Waals surface area contributed by atoms with E-state index in [1.54, 1.807) is 98.4 Å². The number of piperidine rings is 3. The van der Waals surface area contributed by atoms with E-state index >= 15 is 8.78 Å². The fourth-order valence-electron chi connectivity index (χ4n) is 21.8. The third kappa shape index (κ3) is 15.4. The molecular formula is C103H92F6N12O13S4. The zero-order chi connectivity index (χ0) is 96.0. The number of thioether (sulfide) groups is 4. The van der Waals surface area contributed by atoms with Gasteiger partial charge in [0.05, 0.1) is 43.4 Å². The van der Waals surface area contributed by atoms with E-state index in [4.69, 9.17) is 4.74 Å². The van der Waals surface area contributed by atoms with E-state index < -0.39 is 122 Å². The van der Waals surface area contributed by atoms with Crippen molar-refractivity contribution in [2.75, 3.05) is 52.9 Å². The summed E-state index contributed by atoms with van der Waals surface area (Å²) in [5.41, 5.74) is 6.28. The Hall–Kier alpha value is -13.2. The Morgan fingerprint density at radius 1 is 0.370 bits per heavy atom. The lowest BCUT2D eigenvalue weighted by Crippen LogP contribution is -2.68. The number of carbonyl (C=O) groups is 4. The van der Waals surface area contributed by atoms with Crippen molar-refractivity contribution in [3.63, 3.8) is 0 Å². The summed E-state index contributed by atoms with van der Waals surface area (Å²) in [5.74, 6) is -6.09. The van der Waals surface area contributed by atoms with Crippen molar-refractivity contribution in [2.24, 2.45) is 11.3 Å². The van der Waals surface area contributed by atoms with Crippen molar-refractivity contribution in [1.82, 2.24) is 38.3 Å². The number of amides is 4. The molecule has 12 aliphatic rings. The van der Waals surface area contributed by atoms with Crippen molar-refractivity contribution in [3.8, 4) is 23.0 Å². The van der Waals surface area contributed by atoms with Gasteiger partial charge in [-0.25, -0.2) is 26.3 Å². The monoisotopic (exact) mass is 1950 g/mol. The lowest BCUT2D eigenvalue weighted by molar-refractivity contribution is -0.0469. The molecule has 0 aliphatic carbocycles. The van der Waals surface area contributed by atoms with E-state index in [9.17, 15) is 76.3 Å². The molecule has 0 saturated carbocycles. The maximum absolute atomic E-state index is 15.2. The first-order valence-electron chi connectivity index (χ1n) is 45.7. The SMILES string of the molecule is CC1(C)CCN2C(=O)c3c(O)c(=O)ccn3N([C@@H]3c4ccccc4SCc4c3ccc(F)c4F)[C@@H]2C1.C[C@@H]1CC[C@@H]2N(C1)C(=O)c1c(O)c(=O)ccn1N2[C@@H]1c2ccccc2SCc2c1ccc(F)c2F.C[C@H]1COC[C@@H]2N1C(=O)c1c(O)c(=O)ccn1N2[C@H]1c2ccc(F)cc2CSc2ccccc21.O=C1c2c(O)c(=O)ccn2N([C@H]2c3ccc(F)cc3CSc3ccccc32)[C@@H]2CCCCN12. The molecule has 0 spiro atoms. The molecule has 0 radical (unpaired) electrons. The number of benzene rings is 8. The largest absolute Gasteiger partial charge is 0.502 e. The van der Waals surface area contributed by atoms with Crippen LogP contribution in [0.15, 0.2) is 246 Å². The Balaban J connectivity index is 0.000000110. The molecule has 0 unspecified atom stereocenters. The molecule has 16 heterocycles. The smallest absolute Gasteiger partial charge is 0.278 e. The van der Waals surface area contributed by atoms with Crippen LogP contribution in [0.5, 0.6) is 23.0 Å². The van der Waals surface area contributed by atoms with Crippen LogP contribution in [0.4, 0.5) is 26.3 Å². The van der Waals surface area contributed by atoms with Crippen LogP contribution in [-0.4, -0.2) is 146 Å². The third-order valence-corrected chi connectivity index (χ3v) is 32.8. The summed E-state index contributed by atoms with van der Waals surface area (Å²) < 4.78 is 99.7. The van der Waals surface area contributed by atoms with Gasteiger partial charge in [-0.1, -0.05) is 118 Å². The number of rotatable bonds is 4. The van der Waals surface area contributed by atoms with E-state index in [-0.39, 0.29) is 99.1 Å². The van der Waals surface area contributed by atoms with Crippen molar-refractivity contribution >= 4 is 70.7 Å². The van der Waals surface area contributed by atoms with Gasteiger partial charge in [-0.15, -0.1) is 47.0 Å². The van der Waals surface area contributed by atoms with Crippen molar-refractivity contribution in [2.45, 2.75) is 170 Å². The standard InChI is InChI=1S/C27H25F2N3O3S.C26H23F2N3O3S.C25H22FN3O4S.C25H22FN3O3S/c1-27(2)10-12-30-21(13-27)32(31-11-9-19(33)25(34)24(31)26(30)35)23-15-7-8-18(28)22(29)17(15)14-36-20-6-4-3-5-16(20)23;1-14-6-9-21-29(12-14)26(34)24-25(33)19(32)10-11-30(24)31(21)23-15-7-8-18(27)22(28)17(15)13-35-20-5-3-2-4-16(20)23;1-14-11-33-12-21-28(14)25(32)23-24(31)19(30)8-9-27(23)29(21)22-17-7-6-16(26)10-15(17)13-34-20-5-3-2-4-18(20)22;26-16-8-9-17-15(13-16)14-33-20-6-2-1-5-18(20)22(17)29-21-7-3-4-11-27(21)25(32)23-24(31)19(30)10-12-28(23)29/h3-9,11,21,23,34H,10,12-14H2,1-2H3;2-5,7-8,10-11,14,21,23,33H,6,9,12-13H2,1H3;2-10,14,21-22,31H,11-13H2,1H3;1-2,5-6,8-10,12-13,21-22,31H,3-4,7,11,14H2/t21-,23+;14-,21-,23+;14-,21+,22-;21-,22+/m1101/s1. The number of aromatic nitrogens is 4. The highest BCUT2D eigenvalue weighted by molar-refractivity contribution is 7.99. The van der Waals surface area contributed by atoms with Crippen LogP contribution in [0.2, 0.25) is 0 Å². The first-order valence-corrected chi connectivity index (χ1v) is 49.6. The number of nitrogens with zero attached hydrogens (tertiary/aromatic N) is 12. The lowest BCUT2D eigenvalue weighted by Gasteiger charge is -2.54. The zero-order valence-electron chi connectivity index (χ0n) is 74.9. The molecule has 12 aromatic rings. The molecule has 138 heavy (non-hydrogen) atoms. The van der Waals surface area contributed by atoms with Gasteiger partial charge < -0.3 is 44.8 Å². The molecule has 4 amide bonds. The van der Waals surface area contributed by atoms with E-state index in [0.717, 1.165) is 108 Å². The third-order valence-electron chi connectivity index (χ3n) is 28.3. The molecule has 4 aromatic heterocycles. The number of pyridine rings is 4. The topological polar surface area (TPSA) is 272 Å². The molecule has 0 bridgehead atoms. The predicted molar refractivity (Wildman–Crippen MR) is 509 cm³/mol. The minimum atomic E-state index is -0.907. The second-order valence-corrected chi connectivity index (χ2v) is 41.2. The van der Waals surface area contributed by atoms with Crippen molar-refractivity contribution in [1.29, 1.82) is 0 Å². The van der Waals surface area contributed by atoms with Crippen LogP contribution >= 0.6 is 47.0 Å². The highest BCUT2D eigenvalue weighted by Gasteiger charge is 2.54. The average Bonchev–Trinajstić information content (AvgIpc) is 1.08. The van der Waals surface area contributed by atoms with Crippen LogP contribution in [0.25, 0.3) is 0 Å². The Kier molecular flexibility index (Phi) is 23.8. The van der Waals surface area contributed by atoms with Gasteiger partial charge in [0.2, 0.25) is 21.7 Å². The zero-order valence-corrected chi connectivity index (χ0v) is 78.2. The highest BCUT2D eigenvalue weighted by Crippen LogP contribution is 2.53. The summed E-state index contributed by atoms with van der Waals surface area (Å²) in [6.07, 6.45) is 10.0. The van der Waals surface area contributed by atoms with Crippen LogP contribution in [0, 0.1) is 46.2 Å². The van der Waals surface area contributed by atoms with Gasteiger partial charge in [-0.2, -0.15) is 0 Å². The lowest BCUT2D eigenvalue weighted by atomic mass is 9.79. The second kappa shape index (κ2) is 36.0. The molecule has 35 heteroatoms. The van der Waals surface area contributed by atoms with Crippen LogP contribution in [0.1, 0.15) is 206 Å². The van der Waals surface area contributed by atoms with Crippen LogP contribution < -0.4 is 41.8 Å². The summed E-state index contributed by atoms with van der Waals surface area (Å²) >= 11 is 6.17. The predicted octanol–water partition coefficient (Wildman–Crippen LogP) is 16.4. The van der Waals surface area contributed by atoms with Gasteiger partial charge in [-0.05, 0) is 180 Å². The summed E-state index contributed by atoms with van der Waals surface area (Å²) in [6.45, 7) is 10.3. The van der Waals surface area contributed by atoms with E-state index in [1.807, 2.05) is 113 Å². The Morgan fingerprint density at radius 2 is 0.739 bits per heavy atom. The fraction of sp³-hybridized carbons (Fsp3) is 0.301. The first kappa shape index (κ1) is 91.2. The summed E-state index contributed by atoms with van der Waals surface area (Å²) in [5, 5.41) is 50.7. The molecule has 25 nitrogen and oxygen atoms in total. The Morgan fingerprint density at radius 3 is 1.18 bits per heavy atom. The number of morpholine rings is 1. The molecule has 4 saturated heterocycles. The number of ether oxygens (including phenoxy) is 1. The summed E-state index contributed by atoms with van der Waals surface area (Å²) in [4.78, 5) is 114. The molecular weight excluding hydrogens is 1860 g/mol. The van der Waals surface area contributed by atoms with Gasteiger partial charge in [0.1, 0.15) is 36.3 Å². The maximum atomic E-state index is 15.2. The Bertz CT molecular complexity index is 7310. The van der Waals surface area contributed by atoms with E-state index in [2.05, 4.69) is 37.9 Å².